The van der Waals surface area contributed by atoms with Crippen LogP contribution in [-0.2, 0) is 11.3 Å². The van der Waals surface area contributed by atoms with Crippen molar-refractivity contribution in [2.45, 2.75) is 30.6 Å². The molecule has 2 N–H and O–H groups in total. The number of carbonyl (C=O) groups is 1. The SMILES string of the molecule is CCCCNc1nnc(SCC(=O)NCc2ccco2)s1. The van der Waals surface area contributed by atoms with Crippen LogP contribution in [0.1, 0.15) is 25.5 Å². The monoisotopic (exact) mass is 326 g/mol. The third-order valence-electron chi connectivity index (χ3n) is 2.58. The number of nitrogens with zero attached hydrogens (tertiary/aromatic N) is 2. The molecule has 0 saturated heterocycles. The molecule has 0 aliphatic carbocycles. The first-order chi connectivity index (χ1) is 10.3. The van der Waals surface area contributed by atoms with Crippen LogP contribution < -0.4 is 10.6 Å². The summed E-state index contributed by atoms with van der Waals surface area (Å²) in [4.78, 5) is 11.7. The molecule has 6 nitrogen and oxygen atoms in total. The molecule has 0 spiro atoms. The molecular formula is C13H18N4O2S2. The highest BCUT2D eigenvalue weighted by Gasteiger charge is 2.08. The van der Waals surface area contributed by atoms with Crippen molar-refractivity contribution in [1.82, 2.24) is 15.5 Å². The quantitative estimate of drug-likeness (QED) is 0.545. The van der Waals surface area contributed by atoms with E-state index in [1.54, 1.807) is 12.3 Å². The molecule has 21 heavy (non-hydrogen) atoms. The van der Waals surface area contributed by atoms with Gasteiger partial charge in [0.2, 0.25) is 11.0 Å². The number of amides is 1. The zero-order valence-corrected chi connectivity index (χ0v) is 13.4. The molecule has 0 bridgehead atoms. The Bertz CT molecular complexity index is 542. The fourth-order valence-corrected chi connectivity index (χ4v) is 3.10. The van der Waals surface area contributed by atoms with E-state index in [2.05, 4.69) is 27.8 Å². The van der Waals surface area contributed by atoms with E-state index in [9.17, 15) is 4.79 Å². The first kappa shape index (κ1) is 15.8. The lowest BCUT2D eigenvalue weighted by atomic mass is 10.3. The molecule has 2 rings (SSSR count). The van der Waals surface area contributed by atoms with Gasteiger partial charge in [0, 0.05) is 6.54 Å². The Kier molecular flexibility index (Phi) is 6.55. The van der Waals surface area contributed by atoms with E-state index in [4.69, 9.17) is 4.42 Å². The normalized spacial score (nSPS) is 10.5. The Hall–Kier alpha value is -1.54. The minimum absolute atomic E-state index is 0.0490. The first-order valence-corrected chi connectivity index (χ1v) is 8.57. The molecule has 0 aliphatic heterocycles. The van der Waals surface area contributed by atoms with Crippen molar-refractivity contribution in [3.8, 4) is 0 Å². The standard InChI is InChI=1S/C13H18N4O2S2/c1-2-3-6-14-12-16-17-13(21-12)20-9-11(18)15-8-10-5-4-7-19-10/h4-5,7H,2-3,6,8-9H2,1H3,(H,14,16)(H,15,18). The lowest BCUT2D eigenvalue weighted by molar-refractivity contribution is -0.118. The number of anilines is 1. The average Bonchev–Trinajstić information content (AvgIpc) is 3.15. The summed E-state index contributed by atoms with van der Waals surface area (Å²) < 4.78 is 5.94. The van der Waals surface area contributed by atoms with Gasteiger partial charge in [0.15, 0.2) is 4.34 Å². The second kappa shape index (κ2) is 8.68. The second-order valence-corrected chi connectivity index (χ2v) is 6.50. The Morgan fingerprint density at radius 1 is 1.48 bits per heavy atom. The number of thioether (sulfide) groups is 1. The van der Waals surface area contributed by atoms with Crippen LogP contribution >= 0.6 is 23.1 Å². The number of carbonyl (C=O) groups excluding carboxylic acids is 1. The van der Waals surface area contributed by atoms with E-state index in [1.165, 1.54) is 23.1 Å². The third kappa shape index (κ3) is 5.76. The summed E-state index contributed by atoms with van der Waals surface area (Å²) in [6.07, 6.45) is 3.84. The molecule has 0 saturated carbocycles. The van der Waals surface area contributed by atoms with Crippen LogP contribution in [-0.4, -0.2) is 28.4 Å². The van der Waals surface area contributed by atoms with Crippen molar-refractivity contribution < 1.29 is 9.21 Å². The largest absolute Gasteiger partial charge is 0.467 e. The number of rotatable bonds is 9. The van der Waals surface area contributed by atoms with Crippen LogP contribution in [0.5, 0.6) is 0 Å². The minimum atomic E-state index is -0.0490. The van der Waals surface area contributed by atoms with Crippen LogP contribution in [0, 0.1) is 0 Å². The summed E-state index contributed by atoms with van der Waals surface area (Å²) in [5.41, 5.74) is 0. The van der Waals surface area contributed by atoms with E-state index in [0.717, 1.165) is 34.6 Å². The van der Waals surface area contributed by atoms with Gasteiger partial charge in [0.1, 0.15) is 5.76 Å². The molecule has 114 valence electrons. The number of hydrogen-bond acceptors (Lipinski definition) is 7. The topological polar surface area (TPSA) is 80.0 Å². The zero-order valence-electron chi connectivity index (χ0n) is 11.8. The van der Waals surface area contributed by atoms with E-state index < -0.39 is 0 Å². The maximum Gasteiger partial charge on any atom is 0.230 e. The van der Waals surface area contributed by atoms with Crippen molar-refractivity contribution in [1.29, 1.82) is 0 Å². The van der Waals surface area contributed by atoms with E-state index in [0.29, 0.717) is 12.3 Å². The lowest BCUT2D eigenvalue weighted by Crippen LogP contribution is -2.24. The van der Waals surface area contributed by atoms with Gasteiger partial charge in [-0.15, -0.1) is 10.2 Å². The average molecular weight is 326 g/mol. The Morgan fingerprint density at radius 2 is 2.38 bits per heavy atom. The van der Waals surface area contributed by atoms with Crippen LogP contribution in [0.15, 0.2) is 27.2 Å². The van der Waals surface area contributed by atoms with Gasteiger partial charge in [-0.05, 0) is 18.6 Å². The summed E-state index contributed by atoms with van der Waals surface area (Å²) in [5.74, 6) is 1.02. The summed E-state index contributed by atoms with van der Waals surface area (Å²) in [5, 5.41) is 14.9. The van der Waals surface area contributed by atoms with Crippen molar-refractivity contribution in [2.75, 3.05) is 17.6 Å². The number of unbranched alkanes of at least 4 members (excludes halogenated alkanes) is 1. The maximum atomic E-state index is 11.7. The molecule has 2 aromatic rings. The minimum Gasteiger partial charge on any atom is -0.467 e. The lowest BCUT2D eigenvalue weighted by Gasteiger charge is -2.01. The number of furan rings is 1. The fourth-order valence-electron chi connectivity index (χ4n) is 1.49. The molecule has 0 atom stereocenters. The first-order valence-electron chi connectivity index (χ1n) is 6.77. The summed E-state index contributed by atoms with van der Waals surface area (Å²) >= 11 is 2.86. The van der Waals surface area contributed by atoms with Crippen molar-refractivity contribution in [3.63, 3.8) is 0 Å². The molecule has 8 heteroatoms. The molecule has 0 aliphatic rings. The number of hydrogen-bond donors (Lipinski definition) is 2. The van der Waals surface area contributed by atoms with Gasteiger partial charge in [-0.2, -0.15) is 0 Å². The van der Waals surface area contributed by atoms with Gasteiger partial charge in [-0.25, -0.2) is 0 Å². The van der Waals surface area contributed by atoms with Crippen LogP contribution in [0.3, 0.4) is 0 Å². The summed E-state index contributed by atoms with van der Waals surface area (Å²) in [6.45, 7) is 3.45. The van der Waals surface area contributed by atoms with Crippen molar-refractivity contribution >= 4 is 34.1 Å². The predicted molar refractivity (Wildman–Crippen MR) is 84.6 cm³/mol. The van der Waals surface area contributed by atoms with Gasteiger partial charge in [-0.1, -0.05) is 36.4 Å². The van der Waals surface area contributed by atoms with E-state index in [-0.39, 0.29) is 5.91 Å². The van der Waals surface area contributed by atoms with Crippen molar-refractivity contribution in [2.24, 2.45) is 0 Å². The highest BCUT2D eigenvalue weighted by molar-refractivity contribution is 8.01. The van der Waals surface area contributed by atoms with Gasteiger partial charge in [0.05, 0.1) is 18.6 Å². The van der Waals surface area contributed by atoms with E-state index in [1.807, 2.05) is 6.07 Å². The Balaban J connectivity index is 1.66. The van der Waals surface area contributed by atoms with Crippen LogP contribution in [0.2, 0.25) is 0 Å². The van der Waals surface area contributed by atoms with Gasteiger partial charge in [-0.3, -0.25) is 4.79 Å². The Labute approximate surface area is 131 Å². The number of nitrogens with one attached hydrogen (secondary N) is 2. The fraction of sp³-hybridized carbons (Fsp3) is 0.462. The van der Waals surface area contributed by atoms with Crippen molar-refractivity contribution in [3.05, 3.63) is 24.2 Å². The molecule has 1 amide bonds. The number of aromatic nitrogens is 2. The second-order valence-electron chi connectivity index (χ2n) is 4.30. The Morgan fingerprint density at radius 3 is 3.14 bits per heavy atom. The van der Waals surface area contributed by atoms with Gasteiger partial charge in [0.25, 0.3) is 0 Å². The molecule has 0 radical (unpaired) electrons. The molecule has 0 unspecified atom stereocenters. The van der Waals surface area contributed by atoms with E-state index >= 15 is 0 Å². The van der Waals surface area contributed by atoms with Crippen LogP contribution in [0.4, 0.5) is 5.13 Å². The molecule has 2 aromatic heterocycles. The molecular weight excluding hydrogens is 308 g/mol. The summed E-state index contributed by atoms with van der Waals surface area (Å²) in [6, 6.07) is 3.62. The molecule has 0 aromatic carbocycles. The summed E-state index contributed by atoms with van der Waals surface area (Å²) in [7, 11) is 0. The maximum absolute atomic E-state index is 11.7. The smallest absolute Gasteiger partial charge is 0.230 e. The third-order valence-corrected chi connectivity index (χ3v) is 4.59. The van der Waals surface area contributed by atoms with Gasteiger partial charge < -0.3 is 15.1 Å². The molecule has 2 heterocycles. The van der Waals surface area contributed by atoms with Crippen LogP contribution in [0.25, 0.3) is 0 Å². The zero-order chi connectivity index (χ0) is 14.9. The highest BCUT2D eigenvalue weighted by atomic mass is 32.2. The van der Waals surface area contributed by atoms with Gasteiger partial charge >= 0.3 is 0 Å². The predicted octanol–water partition coefficient (Wildman–Crippen LogP) is 2.75. The highest BCUT2D eigenvalue weighted by Crippen LogP contribution is 2.25. The molecule has 0 fully saturated rings.